The van der Waals surface area contributed by atoms with Gasteiger partial charge in [0.1, 0.15) is 5.75 Å². The number of ether oxygens (including phenoxy) is 1. The standard InChI is InChI=1S/C26H31N5O3/c1-28(2)25(32)19-29-14-7-15-30(17-16-29)26(33)23-18-24(20-10-12-22(34-3)13-11-20)31(27-23)21-8-5-4-6-9-21/h4-6,8-13,18H,7,14-17,19H2,1-3H3. The molecule has 0 aliphatic carbocycles. The van der Waals surface area contributed by atoms with Crippen molar-refractivity contribution in [3.8, 4) is 22.7 Å². The number of rotatable bonds is 6. The molecule has 1 fully saturated rings. The summed E-state index contributed by atoms with van der Waals surface area (Å²) in [4.78, 5) is 31.1. The number of amides is 2. The van der Waals surface area contributed by atoms with E-state index in [4.69, 9.17) is 9.84 Å². The van der Waals surface area contributed by atoms with Gasteiger partial charge in [-0.25, -0.2) is 4.68 Å². The third-order valence-electron chi connectivity index (χ3n) is 6.05. The van der Waals surface area contributed by atoms with Gasteiger partial charge in [0.2, 0.25) is 5.91 Å². The van der Waals surface area contributed by atoms with Crippen molar-refractivity contribution in [3.63, 3.8) is 0 Å². The first-order valence-electron chi connectivity index (χ1n) is 11.5. The molecular formula is C26H31N5O3. The van der Waals surface area contributed by atoms with Crippen LogP contribution in [0.3, 0.4) is 0 Å². The Kier molecular flexibility index (Phi) is 7.27. The highest BCUT2D eigenvalue weighted by atomic mass is 16.5. The molecule has 34 heavy (non-hydrogen) atoms. The number of nitrogens with zero attached hydrogens (tertiary/aromatic N) is 5. The summed E-state index contributed by atoms with van der Waals surface area (Å²) in [6, 6.07) is 19.4. The number of carbonyl (C=O) groups is 2. The van der Waals surface area contributed by atoms with Gasteiger partial charge in [-0.05, 0) is 48.9 Å². The largest absolute Gasteiger partial charge is 0.497 e. The molecule has 4 rings (SSSR count). The third kappa shape index (κ3) is 5.28. The number of carbonyl (C=O) groups excluding carboxylic acids is 2. The van der Waals surface area contributed by atoms with Gasteiger partial charge < -0.3 is 14.5 Å². The molecular weight excluding hydrogens is 430 g/mol. The average Bonchev–Trinajstić information content (AvgIpc) is 3.18. The van der Waals surface area contributed by atoms with Crippen LogP contribution in [0.4, 0.5) is 0 Å². The van der Waals surface area contributed by atoms with Gasteiger partial charge in [-0.3, -0.25) is 14.5 Å². The van der Waals surface area contributed by atoms with Crippen molar-refractivity contribution in [2.75, 3.05) is 53.9 Å². The van der Waals surface area contributed by atoms with Crippen LogP contribution in [-0.2, 0) is 4.79 Å². The zero-order chi connectivity index (χ0) is 24.1. The van der Waals surface area contributed by atoms with E-state index >= 15 is 0 Å². The van der Waals surface area contributed by atoms with Crippen molar-refractivity contribution in [1.82, 2.24) is 24.5 Å². The molecule has 178 valence electrons. The number of benzene rings is 2. The smallest absolute Gasteiger partial charge is 0.274 e. The molecule has 0 saturated carbocycles. The highest BCUT2D eigenvalue weighted by Crippen LogP contribution is 2.26. The Morgan fingerprint density at radius 3 is 2.38 bits per heavy atom. The highest BCUT2D eigenvalue weighted by molar-refractivity contribution is 5.93. The highest BCUT2D eigenvalue weighted by Gasteiger charge is 2.25. The molecule has 1 saturated heterocycles. The van der Waals surface area contributed by atoms with E-state index < -0.39 is 0 Å². The zero-order valence-electron chi connectivity index (χ0n) is 20.0. The van der Waals surface area contributed by atoms with Crippen LogP contribution < -0.4 is 4.74 Å². The number of methoxy groups -OCH3 is 1. The van der Waals surface area contributed by atoms with Crippen molar-refractivity contribution >= 4 is 11.8 Å². The average molecular weight is 462 g/mol. The first-order valence-corrected chi connectivity index (χ1v) is 11.5. The molecule has 0 spiro atoms. The zero-order valence-corrected chi connectivity index (χ0v) is 20.0. The maximum Gasteiger partial charge on any atom is 0.274 e. The first-order chi connectivity index (χ1) is 16.5. The van der Waals surface area contributed by atoms with E-state index in [0.29, 0.717) is 31.9 Å². The van der Waals surface area contributed by atoms with Crippen LogP contribution in [0.5, 0.6) is 5.75 Å². The Bertz CT molecular complexity index is 1130. The molecule has 2 heterocycles. The molecule has 1 aliphatic heterocycles. The Balaban J connectivity index is 1.58. The van der Waals surface area contributed by atoms with E-state index in [-0.39, 0.29) is 11.8 Å². The fourth-order valence-electron chi connectivity index (χ4n) is 4.05. The van der Waals surface area contributed by atoms with Gasteiger partial charge >= 0.3 is 0 Å². The first kappa shape index (κ1) is 23.5. The predicted octanol–water partition coefficient (Wildman–Crippen LogP) is 2.78. The molecule has 1 aromatic heterocycles. The van der Waals surface area contributed by atoms with Crippen molar-refractivity contribution in [3.05, 3.63) is 66.4 Å². The van der Waals surface area contributed by atoms with Crippen LogP contribution in [0, 0.1) is 0 Å². The molecule has 1 aliphatic rings. The lowest BCUT2D eigenvalue weighted by molar-refractivity contribution is -0.129. The summed E-state index contributed by atoms with van der Waals surface area (Å²) in [5.74, 6) is 0.753. The molecule has 0 atom stereocenters. The van der Waals surface area contributed by atoms with Crippen molar-refractivity contribution < 1.29 is 14.3 Å². The lowest BCUT2D eigenvalue weighted by Gasteiger charge is -2.22. The summed E-state index contributed by atoms with van der Waals surface area (Å²) in [6.45, 7) is 3.03. The van der Waals surface area contributed by atoms with Crippen molar-refractivity contribution in [2.45, 2.75) is 6.42 Å². The summed E-state index contributed by atoms with van der Waals surface area (Å²) in [6.07, 6.45) is 0.817. The fourth-order valence-corrected chi connectivity index (χ4v) is 4.05. The minimum absolute atomic E-state index is 0.0746. The van der Waals surface area contributed by atoms with Gasteiger partial charge in [0.15, 0.2) is 5.69 Å². The minimum Gasteiger partial charge on any atom is -0.497 e. The maximum atomic E-state index is 13.5. The molecule has 0 unspecified atom stereocenters. The molecule has 8 heteroatoms. The molecule has 8 nitrogen and oxygen atoms in total. The second kappa shape index (κ2) is 10.5. The summed E-state index contributed by atoms with van der Waals surface area (Å²) in [7, 11) is 5.16. The minimum atomic E-state index is -0.0924. The maximum absolute atomic E-state index is 13.5. The topological polar surface area (TPSA) is 70.9 Å². The molecule has 0 bridgehead atoms. The quantitative estimate of drug-likeness (QED) is 0.565. The lowest BCUT2D eigenvalue weighted by atomic mass is 10.1. The van der Waals surface area contributed by atoms with Crippen molar-refractivity contribution in [1.29, 1.82) is 0 Å². The molecule has 0 N–H and O–H groups in total. The van der Waals surface area contributed by atoms with Gasteiger partial charge in [0.05, 0.1) is 25.0 Å². The third-order valence-corrected chi connectivity index (χ3v) is 6.05. The van der Waals surface area contributed by atoms with Crippen LogP contribution in [0.15, 0.2) is 60.7 Å². The monoisotopic (exact) mass is 461 g/mol. The normalized spacial score (nSPS) is 14.5. The van der Waals surface area contributed by atoms with E-state index in [1.165, 1.54) is 0 Å². The Hall–Kier alpha value is -3.65. The van der Waals surface area contributed by atoms with Gasteiger partial charge in [-0.1, -0.05) is 18.2 Å². The second-order valence-corrected chi connectivity index (χ2v) is 8.60. The van der Waals surface area contributed by atoms with Crippen LogP contribution >= 0.6 is 0 Å². The van der Waals surface area contributed by atoms with Gasteiger partial charge in [0, 0.05) is 45.8 Å². The van der Waals surface area contributed by atoms with Crippen LogP contribution in [0.25, 0.3) is 16.9 Å². The van der Waals surface area contributed by atoms with E-state index in [2.05, 4.69) is 4.90 Å². The summed E-state index contributed by atoms with van der Waals surface area (Å²) in [5.41, 5.74) is 3.08. The van der Waals surface area contributed by atoms with Gasteiger partial charge in [0.25, 0.3) is 5.91 Å². The molecule has 0 radical (unpaired) electrons. The van der Waals surface area contributed by atoms with E-state index in [0.717, 1.165) is 35.7 Å². The molecule has 3 aromatic rings. The fraction of sp³-hybridized carbons (Fsp3) is 0.346. The summed E-state index contributed by atoms with van der Waals surface area (Å²) >= 11 is 0. The summed E-state index contributed by atoms with van der Waals surface area (Å²) in [5, 5.41) is 4.72. The lowest BCUT2D eigenvalue weighted by Crippen LogP contribution is -2.39. The SMILES string of the molecule is COc1ccc(-c2cc(C(=O)N3CCCN(CC(=O)N(C)C)CC3)nn2-c2ccccc2)cc1. The summed E-state index contributed by atoms with van der Waals surface area (Å²) < 4.78 is 7.10. The molecule has 2 aromatic carbocycles. The van der Waals surface area contributed by atoms with Gasteiger partial charge in [-0.2, -0.15) is 5.10 Å². The Morgan fingerprint density at radius 2 is 1.71 bits per heavy atom. The Labute approximate surface area is 200 Å². The Morgan fingerprint density at radius 1 is 0.971 bits per heavy atom. The van der Waals surface area contributed by atoms with Crippen LogP contribution in [-0.4, -0.2) is 90.2 Å². The number of aromatic nitrogens is 2. The number of hydrogen-bond donors (Lipinski definition) is 0. The van der Waals surface area contributed by atoms with Gasteiger partial charge in [-0.15, -0.1) is 0 Å². The second-order valence-electron chi connectivity index (χ2n) is 8.60. The van der Waals surface area contributed by atoms with Crippen LogP contribution in [0.2, 0.25) is 0 Å². The number of likely N-dealkylation sites (N-methyl/N-ethyl adjacent to an activating group) is 1. The van der Waals surface area contributed by atoms with Crippen LogP contribution in [0.1, 0.15) is 16.9 Å². The number of para-hydroxylation sites is 1. The van der Waals surface area contributed by atoms with E-state index in [1.807, 2.05) is 70.2 Å². The van der Waals surface area contributed by atoms with Crippen molar-refractivity contribution in [2.24, 2.45) is 0 Å². The van der Waals surface area contributed by atoms with E-state index in [1.54, 1.807) is 26.1 Å². The molecule has 2 amide bonds. The predicted molar refractivity (Wildman–Crippen MR) is 131 cm³/mol. The van der Waals surface area contributed by atoms with E-state index in [9.17, 15) is 9.59 Å². The number of hydrogen-bond acceptors (Lipinski definition) is 5.